The van der Waals surface area contributed by atoms with Crippen LogP contribution in [0.1, 0.15) is 87.1 Å². The molecule has 0 heterocycles. The van der Waals surface area contributed by atoms with E-state index < -0.39 is 10.1 Å². The quantitative estimate of drug-likeness (QED) is 0.106. The molecule has 4 aromatic rings. The van der Waals surface area contributed by atoms with Gasteiger partial charge < -0.3 is 4.55 Å². The predicted octanol–water partition coefficient (Wildman–Crippen LogP) is 8.53. The summed E-state index contributed by atoms with van der Waals surface area (Å²) in [4.78, 5) is 4.22. The number of rotatable bonds is 7. The molecule has 0 aromatic heterocycles. The molecule has 8 heteroatoms. The molecule has 3 nitrogen and oxygen atoms in total. The molecule has 0 saturated heterocycles. The molecular weight excluding hydrogens is 916 g/mol. The molecule has 0 radical (unpaired) electrons. The number of aryl methyl sites for hydroxylation is 1. The largest absolute Gasteiger partial charge is 0 e. The minimum atomic E-state index is -4.47. The fourth-order valence-corrected chi connectivity index (χ4v) is 10.4. The Kier molecular flexibility index (Phi) is 16.3. The summed E-state index contributed by atoms with van der Waals surface area (Å²) in [6.07, 6.45) is 0. The van der Waals surface area contributed by atoms with Gasteiger partial charge in [-0.2, -0.15) is 0 Å². The molecule has 0 atom stereocenters. The van der Waals surface area contributed by atoms with Crippen molar-refractivity contribution in [1.82, 2.24) is 0 Å². The normalized spacial score (nSPS) is 11.2. The first-order valence-corrected chi connectivity index (χ1v) is 19.5. The zero-order chi connectivity index (χ0) is 30.5. The molecular formula is C35H41HeHfHgO3S2. The van der Waals surface area contributed by atoms with Crippen molar-refractivity contribution in [1.29, 1.82) is 0 Å². The van der Waals surface area contributed by atoms with Crippen molar-refractivity contribution in [2.75, 3.05) is 0 Å². The van der Waals surface area contributed by atoms with Crippen LogP contribution in [0.15, 0.2) is 105 Å². The fourth-order valence-electron chi connectivity index (χ4n) is 5.12. The molecule has 0 unspecified atom stereocenters. The van der Waals surface area contributed by atoms with E-state index in [0.717, 1.165) is 11.1 Å². The molecule has 0 spiro atoms. The third kappa shape index (κ3) is 10.2. The Morgan fingerprint density at radius 2 is 1.14 bits per heavy atom. The van der Waals surface area contributed by atoms with Gasteiger partial charge in [0.15, 0.2) is 0 Å². The minimum absolute atomic E-state index is 0. The van der Waals surface area contributed by atoms with Gasteiger partial charge in [0.25, 0.3) is 0 Å². The maximum Gasteiger partial charge on any atom is 0 e. The Bertz CT molecular complexity index is 1540. The van der Waals surface area contributed by atoms with E-state index in [2.05, 4.69) is 99.6 Å². The van der Waals surface area contributed by atoms with Crippen LogP contribution in [-0.4, -0.2) is 13.0 Å². The maximum absolute atomic E-state index is 11.8. The van der Waals surface area contributed by atoms with Crippen molar-refractivity contribution in [2.24, 2.45) is 0 Å². The van der Waals surface area contributed by atoms with Gasteiger partial charge >= 0.3 is 146 Å². The van der Waals surface area contributed by atoms with Gasteiger partial charge in [-0.15, -0.1) is 0 Å². The van der Waals surface area contributed by atoms with E-state index in [1.807, 2.05) is 40.7 Å². The second-order valence-electron chi connectivity index (χ2n) is 11.4. The molecule has 4 aromatic carbocycles. The Labute approximate surface area is 297 Å². The van der Waals surface area contributed by atoms with Crippen LogP contribution in [0.2, 0.25) is 0 Å². The van der Waals surface area contributed by atoms with Gasteiger partial charge in [-0.25, -0.2) is 8.42 Å². The first-order valence-electron chi connectivity index (χ1n) is 14.1. The van der Waals surface area contributed by atoms with E-state index in [4.69, 9.17) is 0 Å². The molecule has 0 amide bonds. The summed E-state index contributed by atoms with van der Waals surface area (Å²) in [5, 5.41) is 0. The van der Waals surface area contributed by atoms with Crippen LogP contribution in [0, 0.1) is 20.0 Å². The van der Waals surface area contributed by atoms with E-state index in [1.54, 1.807) is 3.07 Å². The molecule has 4 rings (SSSR count). The first kappa shape index (κ1) is 39.9. The smallest absolute Gasteiger partial charge is 0 e. The second-order valence-corrected chi connectivity index (χ2v) is 17.7. The third-order valence-corrected chi connectivity index (χ3v) is 13.4. The van der Waals surface area contributed by atoms with Crippen molar-refractivity contribution < 1.29 is 71.1 Å². The van der Waals surface area contributed by atoms with Crippen molar-refractivity contribution in [3.63, 3.8) is 0 Å². The number of hydrogen-bond acceptors (Lipinski definition) is 3. The summed E-state index contributed by atoms with van der Waals surface area (Å²) < 4.78 is 36.8. The Morgan fingerprint density at radius 1 is 0.674 bits per heavy atom. The maximum atomic E-state index is 11.8. The van der Waals surface area contributed by atoms with Gasteiger partial charge in [0.1, 0.15) is 10.1 Å². The zero-order valence-corrected chi connectivity index (χ0v) is 37.5. The van der Waals surface area contributed by atoms with Crippen molar-refractivity contribution >= 4 is 24.1 Å². The molecule has 219 valence electrons. The zero-order valence-electron chi connectivity index (χ0n) is 26.8. The molecule has 43 heavy (non-hydrogen) atoms. The Morgan fingerprint density at radius 3 is 1.51 bits per heavy atom. The molecule has 0 saturated carbocycles. The predicted molar refractivity (Wildman–Crippen MR) is 167 cm³/mol. The van der Waals surface area contributed by atoms with E-state index in [1.165, 1.54) is 20.2 Å². The SMILES string of the molecule is Cc1c(C(C)C)cc(C(C)C)c(S(=O)(=O)[O-])c1C(C)C.Cc1ccc([S+](c2ccccc2)c2ccccc2)c[c]1[Hg].[He].[Hf]. The first-order chi connectivity index (χ1) is 19.2. The molecule has 0 aliphatic rings. The van der Waals surface area contributed by atoms with Crippen LogP contribution >= 0.6 is 0 Å². The summed E-state index contributed by atoms with van der Waals surface area (Å²) in [7, 11) is -4.47. The molecule has 0 fully saturated rings. The van der Waals surface area contributed by atoms with Crippen LogP contribution < -0.4 is 3.07 Å². The van der Waals surface area contributed by atoms with Gasteiger partial charge in [0.2, 0.25) is 0 Å². The standard InChI is InChI=1S/C19H16S.C16H26O3S.He.Hf.Hg/c1-16-12-14-19(15-13-16)20(17-8-4-2-5-9-17)18-10-6-3-7-11-18;1-9(2)13-8-14(10(3)4)16(20(17,18)19)15(11(5)6)12(13)7;;;/h2-12,14-15H,1H3;8-11H,1-7H3,(H,17,18,19);;;/q+1;;;;/p-1. The van der Waals surface area contributed by atoms with Crippen LogP contribution in [0.5, 0.6) is 0 Å². The van der Waals surface area contributed by atoms with E-state index in [9.17, 15) is 13.0 Å². The summed E-state index contributed by atoms with van der Waals surface area (Å²) in [5.74, 6) is 0.308. The third-order valence-electron chi connectivity index (χ3n) is 7.24. The van der Waals surface area contributed by atoms with Gasteiger partial charge in [0.05, 0.1) is 4.90 Å². The molecule has 0 aliphatic heterocycles. The summed E-state index contributed by atoms with van der Waals surface area (Å²) >= 11 is 0.663. The molecule has 0 aliphatic carbocycles. The van der Waals surface area contributed by atoms with E-state index >= 15 is 0 Å². The van der Waals surface area contributed by atoms with Crippen LogP contribution in [0.4, 0.5) is 0 Å². The molecule has 0 N–H and O–H groups in total. The Balaban J connectivity index is 0.000000412. The monoisotopic (exact) mass is 959 g/mol. The average molecular weight is 957 g/mol. The topological polar surface area (TPSA) is 57.2 Å². The van der Waals surface area contributed by atoms with Gasteiger partial charge in [-0.05, 0) is 46.9 Å². The van der Waals surface area contributed by atoms with E-state index in [-0.39, 0.29) is 59.6 Å². The van der Waals surface area contributed by atoms with Crippen LogP contribution in [-0.2, 0) is 73.0 Å². The number of benzene rings is 4. The minimum Gasteiger partial charge on any atom is 0 e. The van der Waals surface area contributed by atoms with Crippen molar-refractivity contribution in [3.05, 3.63) is 113 Å². The van der Waals surface area contributed by atoms with Crippen LogP contribution in [0.3, 0.4) is 0 Å². The second kappa shape index (κ2) is 17.5. The van der Waals surface area contributed by atoms with E-state index in [0.29, 0.717) is 43.2 Å². The summed E-state index contributed by atoms with van der Waals surface area (Å²) in [6.45, 7) is 16.0. The molecule has 0 bridgehead atoms. The summed E-state index contributed by atoms with van der Waals surface area (Å²) in [5.41, 5.74) is 4.85. The van der Waals surface area contributed by atoms with Gasteiger partial charge in [0, 0.05) is 32.0 Å². The van der Waals surface area contributed by atoms with Crippen molar-refractivity contribution in [2.45, 2.75) is 92.7 Å². The Hall–Kier alpha value is -1.15. The number of hydrogen-bond donors (Lipinski definition) is 0. The fraction of sp³-hybridized carbons (Fsp3) is 0.314. The van der Waals surface area contributed by atoms with Crippen molar-refractivity contribution in [3.8, 4) is 0 Å². The van der Waals surface area contributed by atoms with Gasteiger partial charge in [-0.1, -0.05) is 47.6 Å². The van der Waals surface area contributed by atoms with Gasteiger partial charge in [-0.3, -0.25) is 0 Å². The summed E-state index contributed by atoms with van der Waals surface area (Å²) in [6, 6.07) is 30.6. The average Bonchev–Trinajstić information content (AvgIpc) is 2.91. The van der Waals surface area contributed by atoms with Crippen LogP contribution in [0.25, 0.3) is 0 Å².